The standard InChI is InChI=1S/C18H20N2O2/c1-12-7-13(2)9-17(8-12)19-11-18(22)20-16-6-4-5-15(10-16)14(3)21/h4-10,19H,11H2,1-3H3,(H,20,22). The van der Waals surface area contributed by atoms with E-state index < -0.39 is 0 Å². The summed E-state index contributed by atoms with van der Waals surface area (Å²) >= 11 is 0. The van der Waals surface area contributed by atoms with Gasteiger partial charge >= 0.3 is 0 Å². The third-order valence-corrected chi connectivity index (χ3v) is 3.23. The zero-order valence-corrected chi connectivity index (χ0v) is 13.1. The van der Waals surface area contributed by atoms with Crippen LogP contribution >= 0.6 is 0 Å². The van der Waals surface area contributed by atoms with Gasteiger partial charge in [-0.05, 0) is 56.2 Å². The fourth-order valence-electron chi connectivity index (χ4n) is 2.28. The molecule has 0 fully saturated rings. The lowest BCUT2D eigenvalue weighted by molar-refractivity contribution is -0.114. The number of amides is 1. The topological polar surface area (TPSA) is 58.2 Å². The fourth-order valence-corrected chi connectivity index (χ4v) is 2.28. The van der Waals surface area contributed by atoms with Crippen LogP contribution in [0.25, 0.3) is 0 Å². The van der Waals surface area contributed by atoms with Gasteiger partial charge in [0.05, 0.1) is 6.54 Å². The zero-order chi connectivity index (χ0) is 16.1. The lowest BCUT2D eigenvalue weighted by Crippen LogP contribution is -2.21. The molecule has 2 rings (SSSR count). The van der Waals surface area contributed by atoms with Crippen LogP contribution in [0.1, 0.15) is 28.4 Å². The number of carbonyl (C=O) groups excluding carboxylic acids is 2. The molecule has 4 nitrogen and oxygen atoms in total. The van der Waals surface area contributed by atoms with Gasteiger partial charge in [0.2, 0.25) is 5.91 Å². The average Bonchev–Trinajstić information content (AvgIpc) is 2.44. The van der Waals surface area contributed by atoms with Gasteiger partial charge in [-0.1, -0.05) is 18.2 Å². The van der Waals surface area contributed by atoms with Gasteiger partial charge in [0.25, 0.3) is 0 Å². The molecule has 0 aliphatic carbocycles. The van der Waals surface area contributed by atoms with Crippen molar-refractivity contribution in [2.75, 3.05) is 17.2 Å². The third-order valence-electron chi connectivity index (χ3n) is 3.23. The number of aryl methyl sites for hydroxylation is 2. The molecule has 0 atom stereocenters. The molecule has 0 saturated heterocycles. The highest BCUT2D eigenvalue weighted by molar-refractivity contribution is 5.98. The molecule has 0 aromatic heterocycles. The minimum atomic E-state index is -0.153. The summed E-state index contributed by atoms with van der Waals surface area (Å²) in [5.74, 6) is -0.177. The van der Waals surface area contributed by atoms with E-state index in [4.69, 9.17) is 0 Å². The van der Waals surface area contributed by atoms with E-state index in [1.807, 2.05) is 26.0 Å². The van der Waals surface area contributed by atoms with Gasteiger partial charge in [0.1, 0.15) is 0 Å². The molecular formula is C18H20N2O2. The first-order chi connectivity index (χ1) is 10.4. The number of Topliss-reactive ketones (excluding diaryl/α,β-unsaturated/α-hetero) is 1. The van der Waals surface area contributed by atoms with Crippen LogP contribution in [0.3, 0.4) is 0 Å². The first-order valence-electron chi connectivity index (χ1n) is 7.17. The molecule has 0 aliphatic rings. The number of carbonyl (C=O) groups is 2. The summed E-state index contributed by atoms with van der Waals surface area (Å²) < 4.78 is 0. The molecule has 4 heteroatoms. The Hall–Kier alpha value is -2.62. The molecule has 0 saturated carbocycles. The van der Waals surface area contributed by atoms with Crippen LogP contribution in [0.2, 0.25) is 0 Å². The first-order valence-corrected chi connectivity index (χ1v) is 7.17. The zero-order valence-electron chi connectivity index (χ0n) is 13.1. The van der Waals surface area contributed by atoms with E-state index in [2.05, 4.69) is 16.7 Å². The number of rotatable bonds is 5. The lowest BCUT2D eigenvalue weighted by atomic mass is 10.1. The molecule has 0 unspecified atom stereocenters. The second kappa shape index (κ2) is 6.89. The molecule has 0 radical (unpaired) electrons. The Bertz CT molecular complexity index is 688. The van der Waals surface area contributed by atoms with E-state index >= 15 is 0 Å². The quantitative estimate of drug-likeness (QED) is 0.829. The molecular weight excluding hydrogens is 276 g/mol. The van der Waals surface area contributed by atoms with E-state index in [1.54, 1.807) is 24.3 Å². The maximum Gasteiger partial charge on any atom is 0.243 e. The van der Waals surface area contributed by atoms with E-state index in [0.717, 1.165) is 16.8 Å². The third kappa shape index (κ3) is 4.45. The van der Waals surface area contributed by atoms with Crippen molar-refractivity contribution in [1.29, 1.82) is 0 Å². The van der Waals surface area contributed by atoms with Crippen LogP contribution in [0, 0.1) is 13.8 Å². The molecule has 0 bridgehead atoms. The summed E-state index contributed by atoms with van der Waals surface area (Å²) in [6.07, 6.45) is 0. The molecule has 0 heterocycles. The van der Waals surface area contributed by atoms with Gasteiger partial charge in [0.15, 0.2) is 5.78 Å². The Balaban J connectivity index is 1.95. The predicted molar refractivity (Wildman–Crippen MR) is 89.5 cm³/mol. The Morgan fingerprint density at radius 3 is 2.27 bits per heavy atom. The summed E-state index contributed by atoms with van der Waals surface area (Å²) in [4.78, 5) is 23.3. The van der Waals surface area contributed by atoms with Crippen LogP contribution in [0.15, 0.2) is 42.5 Å². The molecule has 2 aromatic carbocycles. The van der Waals surface area contributed by atoms with E-state index in [1.165, 1.54) is 6.92 Å². The van der Waals surface area contributed by atoms with Crippen molar-refractivity contribution >= 4 is 23.1 Å². The number of nitrogens with one attached hydrogen (secondary N) is 2. The van der Waals surface area contributed by atoms with Crippen LogP contribution < -0.4 is 10.6 Å². The van der Waals surface area contributed by atoms with Crippen LogP contribution in [0.5, 0.6) is 0 Å². The normalized spacial score (nSPS) is 10.1. The fraction of sp³-hybridized carbons (Fsp3) is 0.222. The average molecular weight is 296 g/mol. The van der Waals surface area contributed by atoms with Gasteiger partial charge in [-0.25, -0.2) is 0 Å². The Labute approximate surface area is 130 Å². The van der Waals surface area contributed by atoms with Gasteiger partial charge < -0.3 is 10.6 Å². The molecule has 114 valence electrons. The number of hydrogen-bond donors (Lipinski definition) is 2. The maximum atomic E-state index is 12.0. The monoisotopic (exact) mass is 296 g/mol. The van der Waals surface area contributed by atoms with Crippen molar-refractivity contribution < 1.29 is 9.59 Å². The SMILES string of the molecule is CC(=O)c1cccc(NC(=O)CNc2cc(C)cc(C)c2)c1. The molecule has 0 aliphatic heterocycles. The van der Waals surface area contributed by atoms with E-state index in [9.17, 15) is 9.59 Å². The summed E-state index contributed by atoms with van der Waals surface area (Å²) in [7, 11) is 0. The summed E-state index contributed by atoms with van der Waals surface area (Å²) in [6, 6.07) is 13.0. The Morgan fingerprint density at radius 1 is 0.955 bits per heavy atom. The molecule has 2 N–H and O–H groups in total. The first kappa shape index (κ1) is 15.8. The van der Waals surface area contributed by atoms with E-state index in [-0.39, 0.29) is 18.2 Å². The van der Waals surface area contributed by atoms with Gasteiger partial charge in [-0.2, -0.15) is 0 Å². The van der Waals surface area contributed by atoms with Crippen molar-refractivity contribution in [3.8, 4) is 0 Å². The van der Waals surface area contributed by atoms with Crippen LogP contribution in [-0.2, 0) is 4.79 Å². The molecule has 22 heavy (non-hydrogen) atoms. The molecule has 1 amide bonds. The van der Waals surface area contributed by atoms with Crippen molar-refractivity contribution in [2.24, 2.45) is 0 Å². The number of anilines is 2. The lowest BCUT2D eigenvalue weighted by Gasteiger charge is -2.10. The highest BCUT2D eigenvalue weighted by Gasteiger charge is 2.05. The summed E-state index contributed by atoms with van der Waals surface area (Å²) in [5, 5.41) is 5.89. The number of ketones is 1. The molecule has 0 spiro atoms. The number of benzene rings is 2. The van der Waals surface area contributed by atoms with Crippen molar-refractivity contribution in [2.45, 2.75) is 20.8 Å². The molecule has 2 aromatic rings. The second-order valence-corrected chi connectivity index (χ2v) is 5.42. The highest BCUT2D eigenvalue weighted by Crippen LogP contribution is 2.14. The van der Waals surface area contributed by atoms with Gasteiger partial charge in [-0.15, -0.1) is 0 Å². The van der Waals surface area contributed by atoms with Gasteiger partial charge in [0, 0.05) is 16.9 Å². The predicted octanol–water partition coefficient (Wildman–Crippen LogP) is 3.56. The number of hydrogen-bond acceptors (Lipinski definition) is 3. The minimum absolute atomic E-state index is 0.0236. The summed E-state index contributed by atoms with van der Waals surface area (Å²) in [5.41, 5.74) is 4.43. The largest absolute Gasteiger partial charge is 0.376 e. The van der Waals surface area contributed by atoms with Crippen molar-refractivity contribution in [3.63, 3.8) is 0 Å². The smallest absolute Gasteiger partial charge is 0.243 e. The van der Waals surface area contributed by atoms with Crippen molar-refractivity contribution in [3.05, 3.63) is 59.2 Å². The van der Waals surface area contributed by atoms with Crippen LogP contribution in [-0.4, -0.2) is 18.2 Å². The highest BCUT2D eigenvalue weighted by atomic mass is 16.2. The van der Waals surface area contributed by atoms with Crippen molar-refractivity contribution in [1.82, 2.24) is 0 Å². The van der Waals surface area contributed by atoms with E-state index in [0.29, 0.717) is 11.3 Å². The minimum Gasteiger partial charge on any atom is -0.376 e. The Morgan fingerprint density at radius 2 is 1.64 bits per heavy atom. The van der Waals surface area contributed by atoms with Gasteiger partial charge in [-0.3, -0.25) is 9.59 Å². The second-order valence-electron chi connectivity index (χ2n) is 5.42. The Kier molecular flexibility index (Phi) is 4.94. The summed E-state index contributed by atoms with van der Waals surface area (Å²) in [6.45, 7) is 5.72. The maximum absolute atomic E-state index is 12.0. The van der Waals surface area contributed by atoms with Crippen LogP contribution in [0.4, 0.5) is 11.4 Å².